The minimum Gasteiger partial charge on any atom is -0.487 e. The second-order valence-corrected chi connectivity index (χ2v) is 4.12. The van der Waals surface area contributed by atoms with E-state index in [0.717, 1.165) is 0 Å². The van der Waals surface area contributed by atoms with Crippen LogP contribution in [0.15, 0.2) is 24.3 Å². The molecule has 2 rings (SSSR count). The first-order chi connectivity index (χ1) is 8.61. The Hall–Kier alpha value is -2.19. The maximum absolute atomic E-state index is 8.99. The van der Waals surface area contributed by atoms with Gasteiger partial charge in [-0.3, -0.25) is 4.68 Å². The molecule has 0 saturated carbocycles. The van der Waals surface area contributed by atoms with E-state index in [9.17, 15) is 0 Å². The van der Waals surface area contributed by atoms with Crippen LogP contribution in [0.3, 0.4) is 0 Å². The van der Waals surface area contributed by atoms with Crippen molar-refractivity contribution in [1.29, 1.82) is 5.26 Å². The summed E-state index contributed by atoms with van der Waals surface area (Å²) in [7, 11) is 1.68. The van der Waals surface area contributed by atoms with Crippen molar-refractivity contribution in [2.24, 2.45) is 7.05 Å². The van der Waals surface area contributed by atoms with Crippen LogP contribution in [0.4, 0.5) is 5.82 Å². The Morgan fingerprint density at radius 1 is 1.44 bits per heavy atom. The molecule has 0 unspecified atom stereocenters. The van der Waals surface area contributed by atoms with Crippen molar-refractivity contribution in [3.8, 4) is 11.8 Å². The van der Waals surface area contributed by atoms with Crippen molar-refractivity contribution in [3.63, 3.8) is 0 Å². The molecule has 0 saturated heterocycles. The fourth-order valence-electron chi connectivity index (χ4n) is 1.50. The van der Waals surface area contributed by atoms with E-state index >= 15 is 0 Å². The van der Waals surface area contributed by atoms with E-state index in [-0.39, 0.29) is 6.61 Å². The van der Waals surface area contributed by atoms with Crippen LogP contribution in [0.25, 0.3) is 0 Å². The van der Waals surface area contributed by atoms with Crippen molar-refractivity contribution in [2.75, 3.05) is 5.73 Å². The summed E-state index contributed by atoms with van der Waals surface area (Å²) in [6, 6.07) is 8.98. The fourth-order valence-corrected chi connectivity index (χ4v) is 1.63. The molecule has 6 heteroatoms. The molecular formula is C12H11ClN4O. The number of anilines is 1. The summed E-state index contributed by atoms with van der Waals surface area (Å²) in [5.74, 6) is 1.000. The van der Waals surface area contributed by atoms with Crippen LogP contribution < -0.4 is 10.5 Å². The number of benzene rings is 1. The molecule has 1 aromatic carbocycles. The van der Waals surface area contributed by atoms with Crippen LogP contribution in [-0.2, 0) is 13.7 Å². The van der Waals surface area contributed by atoms with Gasteiger partial charge in [0.2, 0.25) is 0 Å². The molecule has 5 nitrogen and oxygen atoms in total. The topological polar surface area (TPSA) is 76.9 Å². The maximum Gasteiger partial charge on any atom is 0.139 e. The predicted molar refractivity (Wildman–Crippen MR) is 68.1 cm³/mol. The van der Waals surface area contributed by atoms with Gasteiger partial charge in [0.15, 0.2) is 0 Å². The molecule has 2 aromatic rings. The smallest absolute Gasteiger partial charge is 0.139 e. The molecule has 0 aliphatic heterocycles. The van der Waals surface area contributed by atoms with Crippen molar-refractivity contribution in [3.05, 3.63) is 40.5 Å². The average Bonchev–Trinajstić information content (AvgIpc) is 2.64. The SMILES string of the molecule is Cn1nc(COc2ccc(Cl)cc2)c(C#N)c1N. The normalized spacial score (nSPS) is 10.1. The second kappa shape index (κ2) is 4.98. The van der Waals surface area contributed by atoms with Gasteiger partial charge in [0.05, 0.1) is 0 Å². The summed E-state index contributed by atoms with van der Waals surface area (Å²) in [6.45, 7) is 0.190. The largest absolute Gasteiger partial charge is 0.487 e. The van der Waals surface area contributed by atoms with E-state index in [4.69, 9.17) is 27.3 Å². The number of rotatable bonds is 3. The number of hydrogen-bond acceptors (Lipinski definition) is 4. The molecule has 0 bridgehead atoms. The highest BCUT2D eigenvalue weighted by Gasteiger charge is 2.13. The third kappa shape index (κ3) is 2.39. The molecule has 92 valence electrons. The highest BCUT2D eigenvalue weighted by atomic mass is 35.5. The van der Waals surface area contributed by atoms with E-state index in [1.54, 1.807) is 31.3 Å². The zero-order valence-electron chi connectivity index (χ0n) is 9.72. The predicted octanol–water partition coefficient (Wildman–Crippen LogP) is 2.11. The second-order valence-electron chi connectivity index (χ2n) is 3.68. The molecule has 0 aliphatic carbocycles. The molecule has 1 aromatic heterocycles. The Labute approximate surface area is 109 Å². The summed E-state index contributed by atoms with van der Waals surface area (Å²) in [4.78, 5) is 0. The standard InChI is InChI=1S/C12H11ClN4O/c1-17-12(15)10(6-14)11(16-17)7-18-9-4-2-8(13)3-5-9/h2-5H,7,15H2,1H3. The Morgan fingerprint density at radius 2 is 2.11 bits per heavy atom. The maximum atomic E-state index is 8.99. The molecule has 0 fully saturated rings. The number of ether oxygens (including phenoxy) is 1. The highest BCUT2D eigenvalue weighted by molar-refractivity contribution is 6.30. The third-order valence-corrected chi connectivity index (χ3v) is 2.72. The molecule has 18 heavy (non-hydrogen) atoms. The first-order valence-corrected chi connectivity index (χ1v) is 5.59. The van der Waals surface area contributed by atoms with Gasteiger partial charge in [-0.25, -0.2) is 0 Å². The van der Waals surface area contributed by atoms with Crippen molar-refractivity contribution in [1.82, 2.24) is 9.78 Å². The summed E-state index contributed by atoms with van der Waals surface area (Å²) >= 11 is 5.77. The molecule has 0 radical (unpaired) electrons. The van der Waals surface area contributed by atoms with Crippen LogP contribution in [-0.4, -0.2) is 9.78 Å². The van der Waals surface area contributed by atoms with Gasteiger partial charge in [-0.1, -0.05) is 11.6 Å². The Kier molecular flexibility index (Phi) is 3.40. The summed E-state index contributed by atoms with van der Waals surface area (Å²) in [5, 5.41) is 13.8. The van der Waals surface area contributed by atoms with Crippen LogP contribution >= 0.6 is 11.6 Å². The van der Waals surface area contributed by atoms with Gasteiger partial charge in [0.1, 0.15) is 35.5 Å². The average molecular weight is 263 g/mol. The Bertz CT molecular complexity index is 598. The fraction of sp³-hybridized carbons (Fsp3) is 0.167. The molecule has 0 amide bonds. The van der Waals surface area contributed by atoms with Crippen LogP contribution in [0.2, 0.25) is 5.02 Å². The molecule has 0 aliphatic rings. The van der Waals surface area contributed by atoms with Crippen LogP contribution in [0.5, 0.6) is 5.75 Å². The first kappa shape index (κ1) is 12.3. The third-order valence-electron chi connectivity index (χ3n) is 2.47. The number of aromatic nitrogens is 2. The zero-order chi connectivity index (χ0) is 13.1. The number of aryl methyl sites for hydroxylation is 1. The number of nitrogen functional groups attached to an aromatic ring is 1. The van der Waals surface area contributed by atoms with E-state index in [0.29, 0.717) is 27.8 Å². The monoisotopic (exact) mass is 262 g/mol. The first-order valence-electron chi connectivity index (χ1n) is 5.21. The van der Waals surface area contributed by atoms with Gasteiger partial charge in [0, 0.05) is 12.1 Å². The number of nitrogens with zero attached hydrogens (tertiary/aromatic N) is 3. The molecule has 0 atom stereocenters. The van der Waals surface area contributed by atoms with Crippen molar-refractivity contribution in [2.45, 2.75) is 6.61 Å². The number of halogens is 1. The minimum atomic E-state index is 0.190. The lowest BCUT2D eigenvalue weighted by atomic mass is 10.2. The Balaban J connectivity index is 2.13. The molecular weight excluding hydrogens is 252 g/mol. The van der Waals surface area contributed by atoms with Gasteiger partial charge in [0.25, 0.3) is 0 Å². The van der Waals surface area contributed by atoms with Crippen LogP contribution in [0.1, 0.15) is 11.3 Å². The Morgan fingerprint density at radius 3 is 2.72 bits per heavy atom. The van der Waals surface area contributed by atoms with Crippen molar-refractivity contribution < 1.29 is 4.74 Å². The quantitative estimate of drug-likeness (QED) is 0.919. The molecule has 2 N–H and O–H groups in total. The molecule has 1 heterocycles. The van der Waals surface area contributed by atoms with E-state index < -0.39 is 0 Å². The minimum absolute atomic E-state index is 0.190. The zero-order valence-corrected chi connectivity index (χ0v) is 10.5. The van der Waals surface area contributed by atoms with Crippen molar-refractivity contribution >= 4 is 17.4 Å². The number of hydrogen-bond donors (Lipinski definition) is 1. The van der Waals surface area contributed by atoms with Crippen LogP contribution in [0, 0.1) is 11.3 Å². The number of nitrogens with two attached hydrogens (primary N) is 1. The summed E-state index contributed by atoms with van der Waals surface area (Å²) < 4.78 is 6.97. The number of nitriles is 1. The lowest BCUT2D eigenvalue weighted by Crippen LogP contribution is -1.99. The van der Waals surface area contributed by atoms with E-state index in [2.05, 4.69) is 5.10 Å². The molecule has 0 spiro atoms. The van der Waals surface area contributed by atoms with Gasteiger partial charge in [-0.05, 0) is 24.3 Å². The van der Waals surface area contributed by atoms with Gasteiger partial charge in [-0.15, -0.1) is 0 Å². The summed E-state index contributed by atoms with van der Waals surface area (Å²) in [6.07, 6.45) is 0. The van der Waals surface area contributed by atoms with Gasteiger partial charge < -0.3 is 10.5 Å². The lowest BCUT2D eigenvalue weighted by molar-refractivity contribution is 0.299. The van der Waals surface area contributed by atoms with Gasteiger partial charge >= 0.3 is 0 Å². The summed E-state index contributed by atoms with van der Waals surface area (Å²) in [5.41, 5.74) is 6.58. The lowest BCUT2D eigenvalue weighted by Gasteiger charge is -2.04. The van der Waals surface area contributed by atoms with E-state index in [1.807, 2.05) is 6.07 Å². The highest BCUT2D eigenvalue weighted by Crippen LogP contribution is 2.19. The van der Waals surface area contributed by atoms with Gasteiger partial charge in [-0.2, -0.15) is 10.4 Å². The van der Waals surface area contributed by atoms with E-state index in [1.165, 1.54) is 4.68 Å².